The van der Waals surface area contributed by atoms with Crippen molar-refractivity contribution in [2.24, 2.45) is 35.5 Å². The quantitative estimate of drug-likeness (QED) is 0.368. The van der Waals surface area contributed by atoms with Crippen molar-refractivity contribution in [3.8, 4) is 5.75 Å². The number of para-hydroxylation sites is 1. The zero-order valence-corrected chi connectivity index (χ0v) is 25.1. The van der Waals surface area contributed by atoms with Gasteiger partial charge in [0.25, 0.3) is 0 Å². The Balaban J connectivity index is 1.28. The van der Waals surface area contributed by atoms with E-state index in [1.807, 2.05) is 43.3 Å². The van der Waals surface area contributed by atoms with E-state index in [-0.39, 0.29) is 45.6 Å². The van der Waals surface area contributed by atoms with Gasteiger partial charge < -0.3 is 14.8 Å². The van der Waals surface area contributed by atoms with Crippen LogP contribution >= 0.6 is 23.1 Å². The molecule has 8 nitrogen and oxygen atoms in total. The fraction of sp³-hybridized carbons (Fsp3) is 0.438. The van der Waals surface area contributed by atoms with Crippen molar-refractivity contribution in [1.29, 1.82) is 0 Å². The second kappa shape index (κ2) is 10.1. The molecule has 1 saturated heterocycles. The van der Waals surface area contributed by atoms with Crippen LogP contribution in [0.15, 0.2) is 58.4 Å². The summed E-state index contributed by atoms with van der Waals surface area (Å²) >= 11 is 2.82. The summed E-state index contributed by atoms with van der Waals surface area (Å²) in [6, 6.07) is 15.0. The number of thioether (sulfide) groups is 1. The van der Waals surface area contributed by atoms with E-state index in [9.17, 15) is 24.3 Å². The third-order valence-electron chi connectivity index (χ3n) is 9.69. The SMILES string of the molecule is Cc1ccc(COc2ccccc2[C@H]2c3sc(=O)[nH]c3SC3C4CC(C5C(=O)N(C(C(=O)O)C(C)C)C(=O)C45)C32)cc1. The molecule has 1 aromatic heterocycles. The van der Waals surface area contributed by atoms with Crippen molar-refractivity contribution in [3.05, 3.63) is 79.8 Å². The molecule has 2 aliphatic heterocycles. The summed E-state index contributed by atoms with van der Waals surface area (Å²) in [5.74, 6) is -2.91. The minimum atomic E-state index is -1.17. The number of carboxylic acids is 1. The standard InChI is InChI=1S/C32H32N2O6S2/c1-14(2)25(31(37)38)34-29(35)23-18-12-19(24(23)30(34)36)26-22(18)21(27-28(41-26)33-32(39)42-27)17-6-4-5-7-20(17)40-13-16-10-8-15(3)9-11-16/h4-11,14,18-19,21-26H,12-13H2,1-3H3,(H,33,39)(H,37,38)/t18?,19?,21-,22?,23?,24?,25?,26?/m1/s1. The van der Waals surface area contributed by atoms with Gasteiger partial charge in [-0.2, -0.15) is 0 Å². The van der Waals surface area contributed by atoms with E-state index in [1.54, 1.807) is 25.6 Å². The molecule has 2 bridgehead atoms. The Hall–Kier alpha value is -3.37. The molecule has 3 fully saturated rings. The van der Waals surface area contributed by atoms with E-state index in [0.29, 0.717) is 6.61 Å². The Morgan fingerprint density at radius 3 is 2.43 bits per heavy atom. The van der Waals surface area contributed by atoms with Gasteiger partial charge in [0.05, 0.1) is 16.9 Å². The lowest BCUT2D eigenvalue weighted by molar-refractivity contribution is -0.157. The number of thiazole rings is 1. The van der Waals surface area contributed by atoms with E-state index in [2.05, 4.69) is 17.1 Å². The molecular formula is C32H32N2O6S2. The van der Waals surface area contributed by atoms with Crippen LogP contribution in [0.3, 0.4) is 0 Å². The van der Waals surface area contributed by atoms with Crippen LogP contribution in [-0.2, 0) is 21.0 Å². The van der Waals surface area contributed by atoms with Crippen molar-refractivity contribution in [3.63, 3.8) is 0 Å². The molecule has 4 aliphatic rings. The molecular weight excluding hydrogens is 572 g/mol. The highest BCUT2D eigenvalue weighted by Gasteiger charge is 2.70. The highest BCUT2D eigenvalue weighted by atomic mass is 32.2. The molecule has 3 heterocycles. The van der Waals surface area contributed by atoms with E-state index in [0.717, 1.165) is 38.1 Å². The number of fused-ring (bicyclic) bond motifs is 9. The molecule has 0 spiro atoms. The summed E-state index contributed by atoms with van der Waals surface area (Å²) in [4.78, 5) is 57.4. The van der Waals surface area contributed by atoms with Gasteiger partial charge in [0, 0.05) is 21.6 Å². The largest absolute Gasteiger partial charge is 0.489 e. The lowest BCUT2D eigenvalue weighted by Gasteiger charge is -2.43. The van der Waals surface area contributed by atoms with Crippen molar-refractivity contribution >= 4 is 40.9 Å². The summed E-state index contributed by atoms with van der Waals surface area (Å²) in [5.41, 5.74) is 3.20. The number of nitrogens with zero attached hydrogens (tertiary/aromatic N) is 1. The number of imide groups is 1. The summed E-state index contributed by atoms with van der Waals surface area (Å²) in [5, 5.41) is 10.8. The maximum atomic E-state index is 13.9. The number of hydrogen-bond donors (Lipinski definition) is 2. The molecule has 2 saturated carbocycles. The predicted octanol–water partition coefficient (Wildman–Crippen LogP) is 4.91. The maximum Gasteiger partial charge on any atom is 0.327 e. The molecule has 2 aromatic carbocycles. The third kappa shape index (κ3) is 4.09. The highest BCUT2D eigenvalue weighted by molar-refractivity contribution is 8.00. The molecule has 0 radical (unpaired) electrons. The lowest BCUT2D eigenvalue weighted by atomic mass is 9.68. The van der Waals surface area contributed by atoms with Crippen molar-refractivity contribution in [1.82, 2.24) is 9.88 Å². The maximum absolute atomic E-state index is 13.9. The summed E-state index contributed by atoms with van der Waals surface area (Å²) in [7, 11) is 0. The van der Waals surface area contributed by atoms with Crippen LogP contribution in [0.25, 0.3) is 0 Å². The molecule has 2 N–H and O–H groups in total. The van der Waals surface area contributed by atoms with Gasteiger partial charge >= 0.3 is 10.8 Å². The van der Waals surface area contributed by atoms with Crippen LogP contribution in [0.4, 0.5) is 0 Å². The molecule has 7 unspecified atom stereocenters. The number of carbonyl (C=O) groups excluding carboxylic acids is 2. The van der Waals surface area contributed by atoms with Gasteiger partial charge in [-0.1, -0.05) is 73.2 Å². The average molecular weight is 605 g/mol. The Morgan fingerprint density at radius 2 is 1.74 bits per heavy atom. The number of aromatic amines is 1. The first-order valence-corrected chi connectivity index (χ1v) is 16.1. The van der Waals surface area contributed by atoms with Gasteiger partial charge in [-0.05, 0) is 48.6 Å². The van der Waals surface area contributed by atoms with Gasteiger partial charge in [-0.3, -0.25) is 19.3 Å². The molecule has 218 valence electrons. The minimum absolute atomic E-state index is 0.00310. The zero-order chi connectivity index (χ0) is 29.4. The lowest BCUT2D eigenvalue weighted by Crippen LogP contribution is -2.49. The van der Waals surface area contributed by atoms with Gasteiger partial charge in [-0.25, -0.2) is 4.79 Å². The highest BCUT2D eigenvalue weighted by Crippen LogP contribution is 2.69. The Labute approximate surface area is 251 Å². The number of carboxylic acid groups (broad SMARTS) is 1. The molecule has 7 rings (SSSR count). The first-order valence-electron chi connectivity index (χ1n) is 14.4. The van der Waals surface area contributed by atoms with Crippen molar-refractivity contribution in [2.45, 2.75) is 56.0 Å². The predicted molar refractivity (Wildman–Crippen MR) is 159 cm³/mol. The number of carbonyl (C=O) groups is 3. The monoisotopic (exact) mass is 604 g/mol. The smallest absolute Gasteiger partial charge is 0.327 e. The van der Waals surface area contributed by atoms with E-state index in [1.165, 1.54) is 16.9 Å². The number of amides is 2. The van der Waals surface area contributed by atoms with Crippen LogP contribution in [0.5, 0.6) is 5.75 Å². The normalized spacial score (nSPS) is 29.9. The topological polar surface area (TPSA) is 117 Å². The minimum Gasteiger partial charge on any atom is -0.489 e. The Morgan fingerprint density at radius 1 is 1.05 bits per heavy atom. The number of likely N-dealkylation sites (tertiary alicyclic amines) is 1. The first-order chi connectivity index (χ1) is 20.2. The Kier molecular flexibility index (Phi) is 6.62. The van der Waals surface area contributed by atoms with Crippen LogP contribution < -0.4 is 9.61 Å². The van der Waals surface area contributed by atoms with Crippen molar-refractivity contribution in [2.75, 3.05) is 0 Å². The Bertz CT molecular complexity index is 1640. The second-order valence-electron chi connectivity index (χ2n) is 12.3. The van der Waals surface area contributed by atoms with Gasteiger partial charge in [0.2, 0.25) is 11.8 Å². The average Bonchev–Trinajstić information content (AvgIpc) is 3.68. The third-order valence-corrected chi connectivity index (χ3v) is 12.3. The van der Waals surface area contributed by atoms with Crippen molar-refractivity contribution < 1.29 is 24.2 Å². The zero-order valence-electron chi connectivity index (χ0n) is 23.5. The van der Waals surface area contributed by atoms with Gasteiger partial charge in [0.1, 0.15) is 18.4 Å². The molecule has 42 heavy (non-hydrogen) atoms. The fourth-order valence-corrected chi connectivity index (χ4v) is 11.0. The van der Waals surface area contributed by atoms with Crippen LogP contribution in [0.1, 0.15) is 47.8 Å². The summed E-state index contributed by atoms with van der Waals surface area (Å²) in [6.45, 7) is 5.91. The number of nitrogens with one attached hydrogen (secondary N) is 1. The molecule has 10 heteroatoms. The number of H-pyrrole nitrogens is 1. The van der Waals surface area contributed by atoms with E-state index < -0.39 is 29.8 Å². The van der Waals surface area contributed by atoms with Crippen LogP contribution in [-0.4, -0.2) is 44.1 Å². The van der Waals surface area contributed by atoms with Crippen LogP contribution in [0, 0.1) is 42.4 Å². The van der Waals surface area contributed by atoms with Gasteiger partial charge in [-0.15, -0.1) is 11.8 Å². The number of rotatable bonds is 7. The van der Waals surface area contributed by atoms with E-state index >= 15 is 0 Å². The molecule has 8 atom stereocenters. The number of ether oxygens (including phenoxy) is 1. The number of aliphatic carboxylic acids is 1. The summed E-state index contributed by atoms with van der Waals surface area (Å²) < 4.78 is 6.41. The van der Waals surface area contributed by atoms with Crippen LogP contribution in [0.2, 0.25) is 0 Å². The number of aromatic nitrogens is 1. The number of aryl methyl sites for hydroxylation is 1. The van der Waals surface area contributed by atoms with Gasteiger partial charge in [0.15, 0.2) is 0 Å². The number of benzene rings is 2. The molecule has 2 amide bonds. The summed E-state index contributed by atoms with van der Waals surface area (Å²) in [6.07, 6.45) is 0.741. The number of hydrogen-bond acceptors (Lipinski definition) is 7. The first kappa shape index (κ1) is 27.5. The fourth-order valence-electron chi connectivity index (χ4n) is 8.07. The second-order valence-corrected chi connectivity index (χ2v) is 14.5. The molecule has 2 aliphatic carbocycles. The molecule has 3 aromatic rings. The van der Waals surface area contributed by atoms with E-state index in [4.69, 9.17) is 4.74 Å².